The largest absolute Gasteiger partial charge is 1.00 e. The maximum atomic E-state index is 9.99. The topological polar surface area (TPSA) is 47.1 Å². The van der Waals surface area contributed by atoms with Gasteiger partial charge in [-0.3, -0.25) is 10.4 Å². The zero-order valence-corrected chi connectivity index (χ0v) is 8.54. The molecule has 0 aromatic rings. The van der Waals surface area contributed by atoms with E-state index in [0.29, 0.717) is 11.5 Å². The van der Waals surface area contributed by atoms with Gasteiger partial charge in [-0.05, 0) is 5.75 Å². The number of rotatable bonds is 2. The summed E-state index contributed by atoms with van der Waals surface area (Å²) >= 11 is 3.83. The third kappa shape index (κ3) is 15.7. The molecule has 0 aromatic carbocycles. The molecule has 2 nitrogen and oxygen atoms in total. The standard InChI is InChI=1S/C3H7OS2.Na.H2O/c1-6(4)3-2-5;;/h5H,1-3H2;;1H2/q-1;+1;/p-1. The Hall–Kier alpha value is 1.33. The summed E-state index contributed by atoms with van der Waals surface area (Å²) in [5.41, 5.74) is 0. The number of thiol groups is 1. The zero-order valence-electron chi connectivity index (χ0n) is 4.83. The second-order valence-electron chi connectivity index (χ2n) is 0.868. The minimum absolute atomic E-state index is 0. The molecule has 0 aromatic heterocycles. The van der Waals surface area contributed by atoms with Crippen LogP contribution in [0.15, 0.2) is 0 Å². The molecule has 46 valence electrons. The van der Waals surface area contributed by atoms with Gasteiger partial charge in [0.25, 0.3) is 0 Å². The van der Waals surface area contributed by atoms with Gasteiger partial charge < -0.3 is 9.69 Å². The summed E-state index contributed by atoms with van der Waals surface area (Å²) in [5.74, 6) is 4.51. The van der Waals surface area contributed by atoms with Gasteiger partial charge in [-0.15, -0.1) is 0 Å². The van der Waals surface area contributed by atoms with Crippen LogP contribution in [-0.4, -0.2) is 22.9 Å². The van der Waals surface area contributed by atoms with Gasteiger partial charge in [0.2, 0.25) is 0 Å². The van der Waals surface area contributed by atoms with Crippen LogP contribution in [0.5, 0.6) is 0 Å². The third-order valence-corrected chi connectivity index (χ3v) is 1.50. The van der Waals surface area contributed by atoms with Crippen molar-refractivity contribution in [1.29, 1.82) is 0 Å². The van der Waals surface area contributed by atoms with E-state index in [1.165, 1.54) is 0 Å². The van der Waals surface area contributed by atoms with Crippen molar-refractivity contribution in [3.05, 3.63) is 0 Å². The summed E-state index contributed by atoms with van der Waals surface area (Å²) in [7, 11) is -0.892. The van der Waals surface area contributed by atoms with Crippen molar-refractivity contribution in [1.82, 2.24) is 0 Å². The first-order valence-electron chi connectivity index (χ1n) is 1.56. The SMILES string of the molecule is C=[S-](=O)CCS.[Na+].[OH-]. The molecular weight excluding hydrogens is 155 g/mol. The minimum atomic E-state index is -0.892. The van der Waals surface area contributed by atoms with Crippen LogP contribution in [-0.2, 0) is 14.6 Å². The van der Waals surface area contributed by atoms with Crippen LogP contribution in [0.3, 0.4) is 0 Å². The van der Waals surface area contributed by atoms with Gasteiger partial charge in [-0.25, -0.2) is 0 Å². The normalized spacial score (nSPS) is 7.25. The third-order valence-electron chi connectivity index (χ3n) is 0.319. The Bertz CT molecular complexity index is 83.3. The molecule has 5 heteroatoms. The average Bonchev–Trinajstić information content (AvgIpc) is 1.35. The van der Waals surface area contributed by atoms with Gasteiger partial charge in [0.1, 0.15) is 0 Å². The van der Waals surface area contributed by atoms with Crippen LogP contribution in [0, 0.1) is 0 Å². The molecule has 0 saturated heterocycles. The van der Waals surface area contributed by atoms with E-state index in [0.717, 1.165) is 0 Å². The van der Waals surface area contributed by atoms with Crippen molar-refractivity contribution < 1.29 is 39.2 Å². The number of hydrogen-bond acceptors (Lipinski definition) is 4. The van der Waals surface area contributed by atoms with E-state index in [4.69, 9.17) is 0 Å². The molecule has 8 heavy (non-hydrogen) atoms. The molecule has 0 spiro atoms. The predicted octanol–water partition coefficient (Wildman–Crippen LogP) is -2.86. The predicted molar refractivity (Wildman–Crippen MR) is 35.8 cm³/mol. The van der Waals surface area contributed by atoms with Crippen molar-refractivity contribution in [2.24, 2.45) is 0 Å². The second-order valence-corrected chi connectivity index (χ2v) is 2.60. The minimum Gasteiger partial charge on any atom is -0.870 e. The smallest absolute Gasteiger partial charge is 0.870 e. The first-order valence-corrected chi connectivity index (χ1v) is 3.68. The van der Waals surface area contributed by atoms with E-state index in [1.807, 2.05) is 0 Å². The maximum Gasteiger partial charge on any atom is 1.00 e. The van der Waals surface area contributed by atoms with Gasteiger partial charge in [0.05, 0.1) is 0 Å². The Balaban J connectivity index is -0.000000125. The molecular formula is C3H8NaO2S2-. The summed E-state index contributed by atoms with van der Waals surface area (Å²) in [5, 5.41) is 0. The monoisotopic (exact) mass is 163 g/mol. The van der Waals surface area contributed by atoms with E-state index in [-0.39, 0.29) is 35.0 Å². The van der Waals surface area contributed by atoms with Gasteiger partial charge in [0, 0.05) is 0 Å². The fourth-order valence-electron chi connectivity index (χ4n) is 0.102. The van der Waals surface area contributed by atoms with E-state index in [2.05, 4.69) is 18.5 Å². The Morgan fingerprint density at radius 1 is 1.62 bits per heavy atom. The molecule has 0 saturated carbocycles. The first-order chi connectivity index (χ1) is 2.77. The van der Waals surface area contributed by atoms with Crippen molar-refractivity contribution in [2.45, 2.75) is 0 Å². The molecule has 0 unspecified atom stereocenters. The Labute approximate surface area is 79.1 Å². The van der Waals surface area contributed by atoms with E-state index in [9.17, 15) is 4.21 Å². The summed E-state index contributed by atoms with van der Waals surface area (Å²) in [6.45, 7) is 0. The van der Waals surface area contributed by atoms with Crippen LogP contribution in [0.25, 0.3) is 0 Å². The van der Waals surface area contributed by atoms with Crippen molar-refractivity contribution >= 4 is 28.9 Å². The van der Waals surface area contributed by atoms with Crippen LogP contribution in [0.4, 0.5) is 0 Å². The Kier molecular flexibility index (Phi) is 22.6. The van der Waals surface area contributed by atoms with Gasteiger partial charge in [-0.2, -0.15) is 18.5 Å². The molecule has 0 aliphatic carbocycles. The summed E-state index contributed by atoms with van der Waals surface area (Å²) in [6.07, 6.45) is 0. The molecule has 0 rings (SSSR count). The van der Waals surface area contributed by atoms with Crippen molar-refractivity contribution in [2.75, 3.05) is 11.5 Å². The summed E-state index contributed by atoms with van der Waals surface area (Å²) < 4.78 is 9.99. The van der Waals surface area contributed by atoms with Gasteiger partial charge >= 0.3 is 29.6 Å². The molecule has 0 heterocycles. The maximum absolute atomic E-state index is 9.99. The van der Waals surface area contributed by atoms with E-state index < -0.39 is 10.4 Å². The molecule has 0 aliphatic heterocycles. The molecule has 1 N–H and O–H groups in total. The average molecular weight is 163 g/mol. The number of hydrogen-bond donors (Lipinski definition) is 1. The molecule has 0 bridgehead atoms. The first kappa shape index (κ1) is 16.2. The quantitative estimate of drug-likeness (QED) is 0.206. The van der Waals surface area contributed by atoms with Crippen LogP contribution < -0.4 is 29.6 Å². The van der Waals surface area contributed by atoms with E-state index in [1.54, 1.807) is 0 Å². The Morgan fingerprint density at radius 3 is 2.00 bits per heavy atom. The van der Waals surface area contributed by atoms with Gasteiger partial charge in [-0.1, -0.05) is 5.75 Å². The summed E-state index contributed by atoms with van der Waals surface area (Å²) in [6, 6.07) is 0. The fraction of sp³-hybridized carbons (Fsp3) is 0.667. The second kappa shape index (κ2) is 11.2. The molecule has 0 amide bonds. The zero-order chi connectivity index (χ0) is 4.99. The van der Waals surface area contributed by atoms with E-state index >= 15 is 0 Å². The molecule has 0 aliphatic rings. The fourth-order valence-corrected chi connectivity index (χ4v) is 0.916. The Morgan fingerprint density at radius 2 is 2.00 bits per heavy atom. The van der Waals surface area contributed by atoms with Crippen LogP contribution in [0.1, 0.15) is 0 Å². The van der Waals surface area contributed by atoms with Crippen LogP contribution in [0.2, 0.25) is 0 Å². The van der Waals surface area contributed by atoms with Crippen LogP contribution >= 0.6 is 12.6 Å². The molecule has 0 atom stereocenters. The van der Waals surface area contributed by atoms with Gasteiger partial charge in [0.15, 0.2) is 0 Å². The van der Waals surface area contributed by atoms with Crippen molar-refractivity contribution in [3.63, 3.8) is 0 Å². The summed E-state index contributed by atoms with van der Waals surface area (Å²) in [4.78, 5) is 0. The van der Waals surface area contributed by atoms with Crippen molar-refractivity contribution in [3.8, 4) is 0 Å². The molecule has 0 radical (unpaired) electrons. The molecule has 0 fully saturated rings.